The van der Waals surface area contributed by atoms with Crippen molar-refractivity contribution < 1.29 is 21.6 Å². The molecule has 1 saturated heterocycles. The highest BCUT2D eigenvalue weighted by molar-refractivity contribution is 9.10. The zero-order chi connectivity index (χ0) is 26.6. The molecule has 1 heterocycles. The molecule has 8 nitrogen and oxygen atoms in total. The van der Waals surface area contributed by atoms with Crippen LogP contribution in [0.1, 0.15) is 18.4 Å². The molecule has 0 atom stereocenters. The van der Waals surface area contributed by atoms with Gasteiger partial charge in [-0.15, -0.1) is 0 Å². The number of hydrogen-bond donors (Lipinski definition) is 2. The minimum Gasteiger partial charge on any atom is -0.326 e. The maximum absolute atomic E-state index is 12.8. The van der Waals surface area contributed by atoms with Gasteiger partial charge in [-0.3, -0.25) is 9.52 Å². The molecule has 0 unspecified atom stereocenters. The van der Waals surface area contributed by atoms with Gasteiger partial charge in [0, 0.05) is 34.2 Å². The van der Waals surface area contributed by atoms with Crippen LogP contribution in [0.4, 0.5) is 11.4 Å². The lowest BCUT2D eigenvalue weighted by Crippen LogP contribution is -2.41. The predicted molar refractivity (Wildman–Crippen MR) is 148 cm³/mol. The van der Waals surface area contributed by atoms with Crippen molar-refractivity contribution >= 4 is 64.9 Å². The largest absolute Gasteiger partial charge is 0.326 e. The Morgan fingerprint density at radius 1 is 0.919 bits per heavy atom. The number of nitrogens with one attached hydrogen (secondary N) is 2. The molecule has 37 heavy (non-hydrogen) atoms. The number of rotatable bonds is 8. The Bertz CT molecular complexity index is 1490. The molecule has 0 spiro atoms. The van der Waals surface area contributed by atoms with Crippen molar-refractivity contribution in [3.05, 3.63) is 87.9 Å². The van der Waals surface area contributed by atoms with Crippen LogP contribution in [0.15, 0.2) is 82.2 Å². The Morgan fingerprint density at radius 3 is 2.24 bits per heavy atom. The molecule has 1 fully saturated rings. The summed E-state index contributed by atoms with van der Waals surface area (Å²) >= 11 is 9.27. The lowest BCUT2D eigenvalue weighted by molar-refractivity contribution is -0.120. The summed E-state index contributed by atoms with van der Waals surface area (Å²) in [6, 6.07) is 19.4. The van der Waals surface area contributed by atoms with Crippen LogP contribution >= 0.6 is 27.5 Å². The summed E-state index contributed by atoms with van der Waals surface area (Å²) in [4.78, 5) is 12.8. The van der Waals surface area contributed by atoms with E-state index in [1.165, 1.54) is 34.6 Å². The van der Waals surface area contributed by atoms with Gasteiger partial charge in [0.25, 0.3) is 10.0 Å². The Balaban J connectivity index is 1.31. The van der Waals surface area contributed by atoms with Crippen LogP contribution < -0.4 is 10.0 Å². The molecule has 0 bridgehead atoms. The second-order valence-corrected chi connectivity index (χ2v) is 13.7. The molecule has 1 amide bonds. The van der Waals surface area contributed by atoms with E-state index in [4.69, 9.17) is 11.6 Å². The number of nitrogens with zero attached hydrogens (tertiary/aromatic N) is 1. The Morgan fingerprint density at radius 2 is 1.59 bits per heavy atom. The molecule has 4 rings (SSSR count). The third-order valence-electron chi connectivity index (χ3n) is 5.97. The van der Waals surface area contributed by atoms with Crippen LogP contribution in [0, 0.1) is 5.92 Å². The normalized spacial score (nSPS) is 15.3. The summed E-state index contributed by atoms with van der Waals surface area (Å²) in [5, 5.41) is 3.21. The van der Waals surface area contributed by atoms with Gasteiger partial charge in [-0.25, -0.2) is 21.1 Å². The van der Waals surface area contributed by atoms with E-state index < -0.39 is 20.0 Å². The van der Waals surface area contributed by atoms with Gasteiger partial charge < -0.3 is 5.32 Å². The second kappa shape index (κ2) is 11.5. The monoisotopic (exact) mass is 625 g/mol. The quantitative estimate of drug-likeness (QED) is 0.362. The fourth-order valence-corrected chi connectivity index (χ4v) is 7.29. The summed E-state index contributed by atoms with van der Waals surface area (Å²) < 4.78 is 55.7. The molecule has 0 radical (unpaired) electrons. The van der Waals surface area contributed by atoms with Gasteiger partial charge in [-0.2, -0.15) is 0 Å². The summed E-state index contributed by atoms with van der Waals surface area (Å²) in [5.41, 5.74) is 1.49. The molecule has 2 N–H and O–H groups in total. The molecule has 0 aliphatic carbocycles. The highest BCUT2D eigenvalue weighted by Crippen LogP contribution is 2.25. The third-order valence-corrected chi connectivity index (χ3v) is 9.94. The van der Waals surface area contributed by atoms with E-state index in [0.29, 0.717) is 34.8 Å². The molecule has 0 saturated carbocycles. The number of amides is 1. The van der Waals surface area contributed by atoms with E-state index in [0.717, 1.165) is 4.47 Å². The zero-order valence-corrected chi connectivity index (χ0v) is 23.6. The molecule has 3 aromatic carbocycles. The first kappa shape index (κ1) is 27.6. The van der Waals surface area contributed by atoms with Crippen LogP contribution in [-0.4, -0.2) is 40.1 Å². The summed E-state index contributed by atoms with van der Waals surface area (Å²) in [7, 11) is -7.32. The Labute approximate surface area is 230 Å². The van der Waals surface area contributed by atoms with Crippen molar-refractivity contribution in [1.82, 2.24) is 4.31 Å². The van der Waals surface area contributed by atoms with Crippen LogP contribution in [0.25, 0.3) is 0 Å². The standard InChI is InChI=1S/C25H25BrClN3O5S2/c26-20-4-1-3-18(15-20)17-36(32,33)30-13-11-19(12-14-30)25(31)28-22-7-9-24(10-8-22)37(34,35)29-23-6-2-5-21(27)16-23/h1-10,15-16,19,29H,11-14,17H2,(H,28,31). The smallest absolute Gasteiger partial charge is 0.261 e. The number of anilines is 2. The number of carbonyl (C=O) groups excluding carboxylic acids is 1. The first-order valence-corrected chi connectivity index (χ1v) is 15.7. The molecule has 3 aromatic rings. The van der Waals surface area contributed by atoms with E-state index in [2.05, 4.69) is 26.0 Å². The zero-order valence-electron chi connectivity index (χ0n) is 19.6. The number of carbonyl (C=O) groups is 1. The maximum atomic E-state index is 12.8. The van der Waals surface area contributed by atoms with Crippen molar-refractivity contribution in [2.24, 2.45) is 5.92 Å². The van der Waals surface area contributed by atoms with Crippen molar-refractivity contribution in [1.29, 1.82) is 0 Å². The highest BCUT2D eigenvalue weighted by atomic mass is 79.9. The minimum absolute atomic E-state index is 0.0365. The maximum Gasteiger partial charge on any atom is 0.261 e. The van der Waals surface area contributed by atoms with Crippen LogP contribution in [0.5, 0.6) is 0 Å². The lowest BCUT2D eigenvalue weighted by atomic mass is 9.97. The van der Waals surface area contributed by atoms with Crippen molar-refractivity contribution in [2.75, 3.05) is 23.1 Å². The van der Waals surface area contributed by atoms with Gasteiger partial charge in [0.05, 0.1) is 16.3 Å². The minimum atomic E-state index is -3.83. The third kappa shape index (κ3) is 7.32. The lowest BCUT2D eigenvalue weighted by Gasteiger charge is -2.30. The average molecular weight is 627 g/mol. The van der Waals surface area contributed by atoms with Gasteiger partial charge in [0.1, 0.15) is 0 Å². The fourth-order valence-electron chi connectivity index (χ4n) is 4.05. The molecule has 12 heteroatoms. The topological polar surface area (TPSA) is 113 Å². The number of hydrogen-bond acceptors (Lipinski definition) is 5. The summed E-state index contributed by atoms with van der Waals surface area (Å²) in [6.07, 6.45) is 0.805. The molecule has 1 aliphatic heterocycles. The summed E-state index contributed by atoms with van der Waals surface area (Å²) in [6.45, 7) is 0.529. The van der Waals surface area contributed by atoms with E-state index in [9.17, 15) is 21.6 Å². The second-order valence-electron chi connectivity index (χ2n) is 8.69. The first-order valence-electron chi connectivity index (χ1n) is 11.4. The van der Waals surface area contributed by atoms with E-state index >= 15 is 0 Å². The Hall–Kier alpha value is -2.44. The van der Waals surface area contributed by atoms with Crippen LogP contribution in [0.3, 0.4) is 0 Å². The number of benzene rings is 3. The van der Waals surface area contributed by atoms with Gasteiger partial charge in [-0.05, 0) is 73.0 Å². The predicted octanol–water partition coefficient (Wildman–Crippen LogP) is 5.08. The van der Waals surface area contributed by atoms with E-state index in [1.807, 2.05) is 6.07 Å². The molecular weight excluding hydrogens is 602 g/mol. The van der Waals surface area contributed by atoms with Gasteiger partial charge in [0.15, 0.2) is 0 Å². The van der Waals surface area contributed by atoms with E-state index in [-0.39, 0.29) is 35.6 Å². The fraction of sp³-hybridized carbons (Fsp3) is 0.240. The Kier molecular flexibility index (Phi) is 8.59. The number of piperidine rings is 1. The highest BCUT2D eigenvalue weighted by Gasteiger charge is 2.31. The van der Waals surface area contributed by atoms with Crippen molar-refractivity contribution in [3.63, 3.8) is 0 Å². The van der Waals surface area contributed by atoms with Crippen LogP contribution in [0.2, 0.25) is 5.02 Å². The molecular formula is C25H25BrClN3O5S2. The van der Waals surface area contributed by atoms with E-state index in [1.54, 1.807) is 36.4 Å². The molecule has 196 valence electrons. The average Bonchev–Trinajstić information content (AvgIpc) is 2.84. The molecule has 1 aliphatic rings. The van der Waals surface area contributed by atoms with Crippen molar-refractivity contribution in [3.8, 4) is 0 Å². The number of halogens is 2. The summed E-state index contributed by atoms with van der Waals surface area (Å²) in [5.74, 6) is -0.660. The molecule has 0 aromatic heterocycles. The van der Waals surface area contributed by atoms with Gasteiger partial charge in [0.2, 0.25) is 15.9 Å². The van der Waals surface area contributed by atoms with Gasteiger partial charge >= 0.3 is 0 Å². The number of sulfonamides is 2. The van der Waals surface area contributed by atoms with Gasteiger partial charge in [-0.1, -0.05) is 45.7 Å². The van der Waals surface area contributed by atoms with Crippen LogP contribution in [-0.2, 0) is 30.6 Å². The SMILES string of the molecule is O=C(Nc1ccc(S(=O)(=O)Nc2cccc(Cl)c2)cc1)C1CCN(S(=O)(=O)Cc2cccc(Br)c2)CC1. The van der Waals surface area contributed by atoms with Crippen molar-refractivity contribution in [2.45, 2.75) is 23.5 Å². The first-order chi connectivity index (χ1) is 17.5.